The van der Waals surface area contributed by atoms with Crippen molar-refractivity contribution in [3.05, 3.63) is 59.2 Å². The average Bonchev–Trinajstić information content (AvgIpc) is 3.22. The molecule has 1 saturated heterocycles. The summed E-state index contributed by atoms with van der Waals surface area (Å²) in [6.07, 6.45) is 0. The number of likely N-dealkylation sites (N-methyl/N-ethyl adjacent to an activating group) is 1. The standard InChI is InChI=1S/C21H25NO3S2/c1-15-6-4-5-7-17(15)13-22(2)20(23)14-25-18-9-8-16(12-19(18)24-3)21-26-10-11-27-21/h4-9,12,21H,10-11,13-14H2,1-3H3. The maximum atomic E-state index is 12.5. The number of nitrogens with zero attached hydrogens (tertiary/aromatic N) is 1. The molecule has 0 spiro atoms. The Kier molecular flexibility index (Phi) is 6.96. The van der Waals surface area contributed by atoms with Crippen LogP contribution in [0.2, 0.25) is 0 Å². The van der Waals surface area contributed by atoms with Crippen molar-refractivity contribution in [2.75, 3.05) is 32.3 Å². The van der Waals surface area contributed by atoms with Gasteiger partial charge in [-0.2, -0.15) is 0 Å². The third-order valence-electron chi connectivity index (χ3n) is 4.53. The third-order valence-corrected chi connectivity index (χ3v) is 7.63. The average molecular weight is 404 g/mol. The summed E-state index contributed by atoms with van der Waals surface area (Å²) in [5, 5.41) is 0. The fourth-order valence-electron chi connectivity index (χ4n) is 2.88. The molecule has 4 nitrogen and oxygen atoms in total. The zero-order chi connectivity index (χ0) is 19.2. The van der Waals surface area contributed by atoms with E-state index in [0.29, 0.717) is 22.6 Å². The third kappa shape index (κ3) is 5.14. The van der Waals surface area contributed by atoms with Gasteiger partial charge in [0.2, 0.25) is 0 Å². The molecule has 27 heavy (non-hydrogen) atoms. The van der Waals surface area contributed by atoms with Crippen molar-refractivity contribution >= 4 is 29.4 Å². The number of carbonyl (C=O) groups excluding carboxylic acids is 1. The fourth-order valence-corrected chi connectivity index (χ4v) is 5.72. The van der Waals surface area contributed by atoms with Gasteiger partial charge in [0, 0.05) is 25.1 Å². The minimum Gasteiger partial charge on any atom is -0.493 e. The Labute approximate surface area is 169 Å². The van der Waals surface area contributed by atoms with Gasteiger partial charge in [0.1, 0.15) is 0 Å². The first kappa shape index (κ1) is 20.0. The summed E-state index contributed by atoms with van der Waals surface area (Å²) in [5.74, 6) is 3.57. The maximum Gasteiger partial charge on any atom is 0.260 e. The van der Waals surface area contributed by atoms with Crippen LogP contribution in [0.1, 0.15) is 21.3 Å². The van der Waals surface area contributed by atoms with Crippen LogP contribution in [0.3, 0.4) is 0 Å². The molecule has 0 unspecified atom stereocenters. The van der Waals surface area contributed by atoms with Crippen LogP contribution < -0.4 is 9.47 Å². The van der Waals surface area contributed by atoms with E-state index in [1.54, 1.807) is 19.1 Å². The number of hydrogen-bond acceptors (Lipinski definition) is 5. The Morgan fingerprint density at radius 1 is 1.15 bits per heavy atom. The number of thioether (sulfide) groups is 2. The summed E-state index contributed by atoms with van der Waals surface area (Å²) in [6.45, 7) is 2.61. The van der Waals surface area contributed by atoms with Gasteiger partial charge in [-0.3, -0.25) is 4.79 Å². The summed E-state index contributed by atoms with van der Waals surface area (Å²) >= 11 is 3.90. The highest BCUT2D eigenvalue weighted by atomic mass is 32.2. The summed E-state index contributed by atoms with van der Waals surface area (Å²) < 4.78 is 11.7. The highest BCUT2D eigenvalue weighted by Gasteiger charge is 2.20. The Balaban J connectivity index is 1.60. The van der Waals surface area contributed by atoms with Gasteiger partial charge in [-0.15, -0.1) is 23.5 Å². The number of rotatable bonds is 7. The van der Waals surface area contributed by atoms with Crippen molar-refractivity contribution in [1.82, 2.24) is 4.90 Å². The van der Waals surface area contributed by atoms with Crippen LogP contribution in [0, 0.1) is 6.92 Å². The molecule has 0 aromatic heterocycles. The fraction of sp³-hybridized carbons (Fsp3) is 0.381. The number of aryl methyl sites for hydroxylation is 1. The molecule has 144 valence electrons. The first-order valence-corrected chi connectivity index (χ1v) is 11.0. The minimum atomic E-state index is -0.0636. The van der Waals surface area contributed by atoms with Crippen molar-refractivity contribution in [3.8, 4) is 11.5 Å². The Bertz CT molecular complexity index is 791. The van der Waals surface area contributed by atoms with E-state index in [9.17, 15) is 4.79 Å². The van der Waals surface area contributed by atoms with Gasteiger partial charge in [-0.25, -0.2) is 0 Å². The smallest absolute Gasteiger partial charge is 0.260 e. The molecular weight excluding hydrogens is 378 g/mol. The van der Waals surface area contributed by atoms with Crippen LogP contribution in [0.5, 0.6) is 11.5 Å². The lowest BCUT2D eigenvalue weighted by Crippen LogP contribution is -2.31. The van der Waals surface area contributed by atoms with Crippen LogP contribution in [0.25, 0.3) is 0 Å². The minimum absolute atomic E-state index is 0.00891. The maximum absolute atomic E-state index is 12.5. The van der Waals surface area contributed by atoms with Crippen molar-refractivity contribution in [1.29, 1.82) is 0 Å². The van der Waals surface area contributed by atoms with Gasteiger partial charge in [0.15, 0.2) is 18.1 Å². The number of amides is 1. The summed E-state index contributed by atoms with van der Waals surface area (Å²) in [5.41, 5.74) is 3.55. The Morgan fingerprint density at radius 3 is 2.59 bits per heavy atom. The number of methoxy groups -OCH3 is 1. The molecule has 1 amide bonds. The van der Waals surface area contributed by atoms with Gasteiger partial charge in [-0.1, -0.05) is 30.3 Å². The molecule has 0 N–H and O–H groups in total. The first-order valence-electron chi connectivity index (χ1n) is 8.91. The quantitative estimate of drug-likeness (QED) is 0.680. The molecule has 1 fully saturated rings. The van der Waals surface area contributed by atoms with Crippen LogP contribution >= 0.6 is 23.5 Å². The van der Waals surface area contributed by atoms with E-state index in [1.807, 2.05) is 53.9 Å². The SMILES string of the molecule is COc1cc(C2SCCS2)ccc1OCC(=O)N(C)Cc1ccccc1C. The largest absolute Gasteiger partial charge is 0.493 e. The highest BCUT2D eigenvalue weighted by Crippen LogP contribution is 2.46. The van der Waals surface area contributed by atoms with Gasteiger partial charge in [0.25, 0.3) is 5.91 Å². The molecule has 0 bridgehead atoms. The molecule has 1 heterocycles. The van der Waals surface area contributed by atoms with E-state index in [2.05, 4.69) is 19.1 Å². The number of carbonyl (C=O) groups is 1. The van der Waals surface area contributed by atoms with Crippen molar-refractivity contribution in [2.45, 2.75) is 18.1 Å². The molecule has 1 aliphatic rings. The molecule has 0 atom stereocenters. The lowest BCUT2D eigenvalue weighted by Gasteiger charge is -2.19. The van der Waals surface area contributed by atoms with Gasteiger partial charge >= 0.3 is 0 Å². The molecular formula is C21H25NO3S2. The predicted molar refractivity (Wildman–Crippen MR) is 114 cm³/mol. The van der Waals surface area contributed by atoms with E-state index in [4.69, 9.17) is 9.47 Å². The Morgan fingerprint density at radius 2 is 1.89 bits per heavy atom. The van der Waals surface area contributed by atoms with E-state index in [0.717, 1.165) is 5.56 Å². The first-order chi connectivity index (χ1) is 13.1. The van der Waals surface area contributed by atoms with Gasteiger partial charge < -0.3 is 14.4 Å². The molecule has 0 aliphatic carbocycles. The second-order valence-electron chi connectivity index (χ2n) is 6.45. The number of hydrogen-bond donors (Lipinski definition) is 0. The monoisotopic (exact) mass is 403 g/mol. The molecule has 2 aromatic carbocycles. The molecule has 0 radical (unpaired) electrons. The van der Waals surface area contributed by atoms with E-state index < -0.39 is 0 Å². The normalized spacial score (nSPS) is 14.2. The van der Waals surface area contributed by atoms with Gasteiger partial charge in [0.05, 0.1) is 11.7 Å². The van der Waals surface area contributed by atoms with Crippen LogP contribution in [-0.4, -0.2) is 43.1 Å². The zero-order valence-electron chi connectivity index (χ0n) is 15.9. The zero-order valence-corrected chi connectivity index (χ0v) is 17.6. The summed E-state index contributed by atoms with van der Waals surface area (Å²) in [4.78, 5) is 14.2. The predicted octanol–water partition coefficient (Wildman–Crippen LogP) is 4.52. The number of ether oxygens (including phenoxy) is 2. The lowest BCUT2D eigenvalue weighted by atomic mass is 10.1. The van der Waals surface area contributed by atoms with Gasteiger partial charge in [-0.05, 0) is 35.7 Å². The van der Waals surface area contributed by atoms with Crippen LogP contribution in [-0.2, 0) is 11.3 Å². The molecule has 1 aliphatic heterocycles. The topological polar surface area (TPSA) is 38.8 Å². The summed E-state index contributed by atoms with van der Waals surface area (Å²) in [6, 6.07) is 14.1. The molecule has 6 heteroatoms. The Hall–Kier alpha value is -1.79. The van der Waals surface area contributed by atoms with E-state index in [1.165, 1.54) is 22.6 Å². The van der Waals surface area contributed by atoms with E-state index in [-0.39, 0.29) is 12.5 Å². The molecule has 0 saturated carbocycles. The second-order valence-corrected chi connectivity index (χ2v) is 9.17. The second kappa shape index (κ2) is 9.42. The van der Waals surface area contributed by atoms with Crippen LogP contribution in [0.15, 0.2) is 42.5 Å². The van der Waals surface area contributed by atoms with E-state index >= 15 is 0 Å². The van der Waals surface area contributed by atoms with Crippen LogP contribution in [0.4, 0.5) is 0 Å². The highest BCUT2D eigenvalue weighted by molar-refractivity contribution is 8.19. The van der Waals surface area contributed by atoms with Crippen molar-refractivity contribution in [2.24, 2.45) is 0 Å². The summed E-state index contributed by atoms with van der Waals surface area (Å²) in [7, 11) is 3.43. The van der Waals surface area contributed by atoms with Crippen molar-refractivity contribution < 1.29 is 14.3 Å². The molecule has 2 aromatic rings. The number of benzene rings is 2. The van der Waals surface area contributed by atoms with Crippen molar-refractivity contribution in [3.63, 3.8) is 0 Å². The molecule has 3 rings (SSSR count). The lowest BCUT2D eigenvalue weighted by molar-refractivity contribution is -0.132.